The van der Waals surface area contributed by atoms with Gasteiger partial charge in [0.25, 0.3) is 5.91 Å². The van der Waals surface area contributed by atoms with Gasteiger partial charge in [0, 0.05) is 17.8 Å². The Morgan fingerprint density at radius 3 is 2.86 bits per heavy atom. The molecule has 1 aliphatic heterocycles. The van der Waals surface area contributed by atoms with Gasteiger partial charge in [0.15, 0.2) is 0 Å². The Balaban J connectivity index is 1.88. The topological polar surface area (TPSA) is 55.6 Å². The van der Waals surface area contributed by atoms with Gasteiger partial charge in [0.05, 0.1) is 17.1 Å². The van der Waals surface area contributed by atoms with Gasteiger partial charge in [-0.2, -0.15) is 0 Å². The average molecular weight is 303 g/mol. The molecule has 5 heteroatoms. The second-order valence-corrected chi connectivity index (χ2v) is 5.33. The number of hydrogen-bond donors (Lipinski definition) is 1. The normalized spacial score (nSPS) is 14.0. The van der Waals surface area contributed by atoms with E-state index in [1.807, 2.05) is 24.3 Å². The van der Waals surface area contributed by atoms with E-state index in [-0.39, 0.29) is 5.91 Å². The third-order valence-corrected chi connectivity index (χ3v) is 3.78. The zero-order valence-corrected chi connectivity index (χ0v) is 12.1. The number of anilines is 1. The molecule has 0 unspecified atom stereocenters. The summed E-state index contributed by atoms with van der Waals surface area (Å²) >= 11 is 6.13. The molecule has 1 amide bonds. The molecule has 0 bridgehead atoms. The highest BCUT2D eigenvalue weighted by Crippen LogP contribution is 2.25. The molecular weight excluding hydrogens is 288 g/mol. The number of nitrogens with two attached hydrogens (primary N) is 1. The molecule has 2 aromatic carbocycles. The van der Waals surface area contributed by atoms with Gasteiger partial charge in [0.2, 0.25) is 0 Å². The van der Waals surface area contributed by atoms with E-state index in [1.54, 1.807) is 23.1 Å². The zero-order valence-electron chi connectivity index (χ0n) is 11.4. The summed E-state index contributed by atoms with van der Waals surface area (Å²) in [4.78, 5) is 14.4. The van der Waals surface area contributed by atoms with Crippen LogP contribution in [0.1, 0.15) is 15.9 Å². The maximum atomic E-state index is 12.6. The van der Waals surface area contributed by atoms with Crippen molar-refractivity contribution in [3.8, 4) is 5.75 Å². The zero-order chi connectivity index (χ0) is 14.8. The summed E-state index contributed by atoms with van der Waals surface area (Å²) in [6.07, 6.45) is 0. The number of halogens is 1. The first-order valence-corrected chi connectivity index (χ1v) is 7.08. The molecule has 4 nitrogen and oxygen atoms in total. The molecule has 21 heavy (non-hydrogen) atoms. The fourth-order valence-electron chi connectivity index (χ4n) is 2.37. The number of nitrogens with zero attached hydrogens (tertiary/aromatic N) is 1. The van der Waals surface area contributed by atoms with Crippen LogP contribution in [-0.2, 0) is 6.54 Å². The van der Waals surface area contributed by atoms with Gasteiger partial charge in [-0.3, -0.25) is 4.79 Å². The highest BCUT2D eigenvalue weighted by molar-refractivity contribution is 6.34. The summed E-state index contributed by atoms with van der Waals surface area (Å²) in [6, 6.07) is 12.7. The summed E-state index contributed by atoms with van der Waals surface area (Å²) in [6.45, 7) is 1.50. The van der Waals surface area contributed by atoms with E-state index in [1.165, 1.54) is 0 Å². The van der Waals surface area contributed by atoms with E-state index in [0.29, 0.717) is 36.0 Å². The maximum absolute atomic E-state index is 12.6. The van der Waals surface area contributed by atoms with Gasteiger partial charge < -0.3 is 15.4 Å². The number of rotatable bonds is 1. The van der Waals surface area contributed by atoms with Crippen molar-refractivity contribution in [3.63, 3.8) is 0 Å². The van der Waals surface area contributed by atoms with Crippen molar-refractivity contribution < 1.29 is 9.53 Å². The van der Waals surface area contributed by atoms with E-state index in [2.05, 4.69) is 0 Å². The summed E-state index contributed by atoms with van der Waals surface area (Å²) in [7, 11) is 0. The van der Waals surface area contributed by atoms with Gasteiger partial charge in [0.1, 0.15) is 12.4 Å². The standard InChI is InChI=1S/C16H15ClN2O2/c17-14-9-12(18)5-6-13(14)16(20)19-7-8-21-15-4-2-1-3-11(15)10-19/h1-6,9H,7-8,10,18H2. The molecule has 2 aromatic rings. The smallest absolute Gasteiger partial charge is 0.255 e. The fourth-order valence-corrected chi connectivity index (χ4v) is 2.64. The van der Waals surface area contributed by atoms with Crippen LogP contribution in [0.2, 0.25) is 5.02 Å². The maximum Gasteiger partial charge on any atom is 0.255 e. The van der Waals surface area contributed by atoms with Gasteiger partial charge in [-0.05, 0) is 24.3 Å². The number of hydrogen-bond acceptors (Lipinski definition) is 3. The number of ether oxygens (including phenoxy) is 1. The lowest BCUT2D eigenvalue weighted by molar-refractivity contribution is 0.0733. The Morgan fingerprint density at radius 2 is 2.05 bits per heavy atom. The Bertz CT molecular complexity index is 688. The van der Waals surface area contributed by atoms with Crippen molar-refractivity contribution in [2.75, 3.05) is 18.9 Å². The Morgan fingerprint density at radius 1 is 1.24 bits per heavy atom. The molecule has 0 fully saturated rings. The first-order valence-electron chi connectivity index (χ1n) is 6.70. The predicted molar refractivity (Wildman–Crippen MR) is 82.5 cm³/mol. The predicted octanol–water partition coefficient (Wildman–Crippen LogP) is 2.96. The van der Waals surface area contributed by atoms with E-state index < -0.39 is 0 Å². The minimum absolute atomic E-state index is 0.111. The van der Waals surface area contributed by atoms with Crippen molar-refractivity contribution in [2.24, 2.45) is 0 Å². The number of carbonyl (C=O) groups excluding carboxylic acids is 1. The highest BCUT2D eigenvalue weighted by atomic mass is 35.5. The summed E-state index contributed by atoms with van der Waals surface area (Å²) in [5.41, 5.74) is 7.67. The SMILES string of the molecule is Nc1ccc(C(=O)N2CCOc3ccccc3C2)c(Cl)c1. The van der Waals surface area contributed by atoms with Gasteiger partial charge in [-0.25, -0.2) is 0 Å². The number of carbonyl (C=O) groups is 1. The van der Waals surface area contributed by atoms with Crippen LogP contribution in [-0.4, -0.2) is 24.0 Å². The number of benzene rings is 2. The molecule has 1 aliphatic rings. The molecule has 1 heterocycles. The summed E-state index contributed by atoms with van der Waals surface area (Å²) in [5, 5.41) is 0.374. The van der Waals surface area contributed by atoms with E-state index in [4.69, 9.17) is 22.1 Å². The van der Waals surface area contributed by atoms with Gasteiger partial charge in [-0.15, -0.1) is 0 Å². The lowest BCUT2D eigenvalue weighted by atomic mass is 10.1. The Labute approximate surface area is 128 Å². The van der Waals surface area contributed by atoms with Crippen molar-refractivity contribution in [2.45, 2.75) is 6.54 Å². The quantitative estimate of drug-likeness (QED) is 0.824. The molecular formula is C16H15ClN2O2. The number of para-hydroxylation sites is 1. The molecule has 0 radical (unpaired) electrons. The summed E-state index contributed by atoms with van der Waals surface area (Å²) < 4.78 is 5.67. The molecule has 108 valence electrons. The van der Waals surface area contributed by atoms with Crippen molar-refractivity contribution in [1.29, 1.82) is 0 Å². The third kappa shape index (κ3) is 2.81. The number of fused-ring (bicyclic) bond motifs is 1. The van der Waals surface area contributed by atoms with E-state index in [9.17, 15) is 4.79 Å². The van der Waals surface area contributed by atoms with Crippen LogP contribution in [0.5, 0.6) is 5.75 Å². The molecule has 2 N–H and O–H groups in total. The van der Waals surface area contributed by atoms with Crippen LogP contribution in [0.15, 0.2) is 42.5 Å². The molecule has 3 rings (SSSR count). The monoisotopic (exact) mass is 302 g/mol. The van der Waals surface area contributed by atoms with Gasteiger partial charge in [-0.1, -0.05) is 29.8 Å². The molecule has 0 aromatic heterocycles. The minimum atomic E-state index is -0.111. The minimum Gasteiger partial charge on any atom is -0.491 e. The van der Waals surface area contributed by atoms with Crippen molar-refractivity contribution in [1.82, 2.24) is 4.90 Å². The molecule has 0 saturated heterocycles. The van der Waals surface area contributed by atoms with Crippen LogP contribution < -0.4 is 10.5 Å². The van der Waals surface area contributed by atoms with Crippen LogP contribution in [0.4, 0.5) is 5.69 Å². The third-order valence-electron chi connectivity index (χ3n) is 3.46. The average Bonchev–Trinajstić information content (AvgIpc) is 2.68. The fraction of sp³-hybridized carbons (Fsp3) is 0.188. The van der Waals surface area contributed by atoms with Crippen molar-refractivity contribution in [3.05, 3.63) is 58.6 Å². The molecule has 0 aliphatic carbocycles. The van der Waals surface area contributed by atoms with E-state index in [0.717, 1.165) is 11.3 Å². The largest absolute Gasteiger partial charge is 0.491 e. The lowest BCUT2D eigenvalue weighted by Crippen LogP contribution is -2.32. The Kier molecular flexibility index (Phi) is 3.71. The van der Waals surface area contributed by atoms with Gasteiger partial charge >= 0.3 is 0 Å². The first-order chi connectivity index (χ1) is 10.1. The Hall–Kier alpha value is -2.20. The van der Waals surface area contributed by atoms with Crippen molar-refractivity contribution >= 4 is 23.2 Å². The number of amides is 1. The van der Waals surface area contributed by atoms with Crippen LogP contribution in [0.25, 0.3) is 0 Å². The van der Waals surface area contributed by atoms with Crippen LogP contribution >= 0.6 is 11.6 Å². The second kappa shape index (κ2) is 5.66. The summed E-state index contributed by atoms with van der Waals surface area (Å²) in [5.74, 6) is 0.719. The highest BCUT2D eigenvalue weighted by Gasteiger charge is 2.22. The van der Waals surface area contributed by atoms with Crippen LogP contribution in [0, 0.1) is 0 Å². The second-order valence-electron chi connectivity index (χ2n) is 4.92. The molecule has 0 spiro atoms. The van der Waals surface area contributed by atoms with E-state index >= 15 is 0 Å². The molecule has 0 atom stereocenters. The lowest BCUT2D eigenvalue weighted by Gasteiger charge is -2.20. The van der Waals surface area contributed by atoms with Crippen LogP contribution in [0.3, 0.4) is 0 Å². The first kappa shape index (κ1) is 13.8. The number of nitrogen functional groups attached to an aromatic ring is 1. The molecule has 0 saturated carbocycles.